The van der Waals surface area contributed by atoms with Gasteiger partial charge in [-0.25, -0.2) is 0 Å². The molecule has 2 atom stereocenters. The summed E-state index contributed by atoms with van der Waals surface area (Å²) in [5.74, 6) is 2.37. The Morgan fingerprint density at radius 3 is 2.90 bits per heavy atom. The minimum atomic E-state index is 0.109. The molecule has 3 rings (SSSR count). The van der Waals surface area contributed by atoms with Crippen LogP contribution in [0, 0.1) is 0 Å². The van der Waals surface area contributed by atoms with Gasteiger partial charge in [0.1, 0.15) is 0 Å². The zero-order valence-electron chi connectivity index (χ0n) is 12.5. The lowest BCUT2D eigenvalue weighted by Gasteiger charge is -2.42. The first-order valence-electron chi connectivity index (χ1n) is 7.92. The van der Waals surface area contributed by atoms with Gasteiger partial charge in [0.25, 0.3) is 0 Å². The number of aliphatic hydroxyl groups is 1. The van der Waals surface area contributed by atoms with Crippen molar-refractivity contribution in [1.29, 1.82) is 0 Å². The smallest absolute Gasteiger partial charge is 0.0795 e. The molecule has 2 fully saturated rings. The molecule has 0 aliphatic carbocycles. The van der Waals surface area contributed by atoms with E-state index >= 15 is 0 Å². The number of nitrogens with zero attached hydrogens (tertiary/aromatic N) is 1. The van der Waals surface area contributed by atoms with Gasteiger partial charge in [-0.15, -0.1) is 0 Å². The normalized spacial score (nSPS) is 29.3. The molecular weight excluding hydrogens is 282 g/mol. The van der Waals surface area contributed by atoms with Crippen molar-refractivity contribution < 1.29 is 9.84 Å². The second kappa shape index (κ2) is 7.14. The molecule has 2 heterocycles. The van der Waals surface area contributed by atoms with Gasteiger partial charge in [-0.2, -0.15) is 11.8 Å². The van der Waals surface area contributed by atoms with Crippen molar-refractivity contribution in [2.24, 2.45) is 0 Å². The average Bonchev–Trinajstić information content (AvgIpc) is 2.96. The Labute approximate surface area is 131 Å². The van der Waals surface area contributed by atoms with E-state index in [2.05, 4.69) is 35.2 Å². The van der Waals surface area contributed by atoms with Gasteiger partial charge < -0.3 is 9.84 Å². The quantitative estimate of drug-likeness (QED) is 0.906. The van der Waals surface area contributed by atoms with Crippen molar-refractivity contribution in [2.75, 3.05) is 31.3 Å². The molecule has 4 heteroatoms. The Morgan fingerprint density at radius 1 is 1.33 bits per heavy atom. The number of rotatable bonds is 5. The minimum absolute atomic E-state index is 0.109. The summed E-state index contributed by atoms with van der Waals surface area (Å²) in [5.41, 5.74) is 1.44. The van der Waals surface area contributed by atoms with E-state index in [1.807, 2.05) is 11.8 Å². The molecule has 1 N–H and O–H groups in total. The zero-order valence-corrected chi connectivity index (χ0v) is 13.4. The first-order valence-corrected chi connectivity index (χ1v) is 9.07. The van der Waals surface area contributed by atoms with Crippen LogP contribution in [-0.2, 0) is 11.3 Å². The third-order valence-electron chi connectivity index (χ3n) is 4.67. The highest BCUT2D eigenvalue weighted by molar-refractivity contribution is 7.99. The second-order valence-corrected chi connectivity index (χ2v) is 7.27. The van der Waals surface area contributed by atoms with E-state index in [4.69, 9.17) is 4.74 Å². The van der Waals surface area contributed by atoms with E-state index in [0.29, 0.717) is 6.04 Å². The number of benzene rings is 1. The van der Waals surface area contributed by atoms with Crippen molar-refractivity contribution in [3.63, 3.8) is 0 Å². The Balaban J connectivity index is 1.68. The summed E-state index contributed by atoms with van der Waals surface area (Å²) in [4.78, 5) is 2.45. The second-order valence-electron chi connectivity index (χ2n) is 6.16. The molecule has 2 saturated heterocycles. The highest BCUT2D eigenvalue weighted by atomic mass is 32.2. The molecule has 1 spiro atoms. The predicted molar refractivity (Wildman–Crippen MR) is 87.6 cm³/mol. The van der Waals surface area contributed by atoms with Crippen LogP contribution in [0.3, 0.4) is 0 Å². The van der Waals surface area contributed by atoms with Gasteiger partial charge in [-0.1, -0.05) is 30.3 Å². The SMILES string of the molecule is OCCN(Cc1ccccc1)C1CCOC2(CCSC2)C1. The lowest BCUT2D eigenvalue weighted by molar-refractivity contribution is -0.0920. The summed E-state index contributed by atoms with van der Waals surface area (Å²) in [6.45, 7) is 2.77. The van der Waals surface area contributed by atoms with Gasteiger partial charge in [0.2, 0.25) is 0 Å². The first kappa shape index (κ1) is 15.3. The molecule has 1 aromatic carbocycles. The van der Waals surface area contributed by atoms with Crippen LogP contribution >= 0.6 is 11.8 Å². The molecule has 0 radical (unpaired) electrons. The number of hydrogen-bond acceptors (Lipinski definition) is 4. The van der Waals surface area contributed by atoms with Crippen LogP contribution in [0.15, 0.2) is 30.3 Å². The molecule has 116 valence electrons. The van der Waals surface area contributed by atoms with Crippen molar-refractivity contribution in [3.8, 4) is 0 Å². The van der Waals surface area contributed by atoms with Crippen molar-refractivity contribution >= 4 is 11.8 Å². The van der Waals surface area contributed by atoms with Crippen molar-refractivity contribution in [3.05, 3.63) is 35.9 Å². The number of hydrogen-bond donors (Lipinski definition) is 1. The van der Waals surface area contributed by atoms with E-state index in [0.717, 1.165) is 38.3 Å². The van der Waals surface area contributed by atoms with E-state index < -0.39 is 0 Å². The van der Waals surface area contributed by atoms with Crippen LogP contribution < -0.4 is 0 Å². The van der Waals surface area contributed by atoms with Crippen LogP contribution in [0.4, 0.5) is 0 Å². The molecule has 2 aliphatic heterocycles. The van der Waals surface area contributed by atoms with Crippen LogP contribution in [0.25, 0.3) is 0 Å². The van der Waals surface area contributed by atoms with Crippen LogP contribution in [0.1, 0.15) is 24.8 Å². The molecule has 3 nitrogen and oxygen atoms in total. The average molecular weight is 307 g/mol. The molecule has 0 aromatic heterocycles. The number of aliphatic hydroxyl groups excluding tert-OH is 1. The highest BCUT2D eigenvalue weighted by Crippen LogP contribution is 2.39. The van der Waals surface area contributed by atoms with E-state index in [1.54, 1.807) is 0 Å². The Bertz CT molecular complexity index is 434. The van der Waals surface area contributed by atoms with Gasteiger partial charge in [0.05, 0.1) is 12.2 Å². The lowest BCUT2D eigenvalue weighted by atomic mass is 9.89. The zero-order chi connectivity index (χ0) is 14.5. The van der Waals surface area contributed by atoms with Gasteiger partial charge in [0, 0.05) is 31.5 Å². The monoisotopic (exact) mass is 307 g/mol. The maximum Gasteiger partial charge on any atom is 0.0795 e. The summed E-state index contributed by atoms with van der Waals surface area (Å²) < 4.78 is 6.13. The van der Waals surface area contributed by atoms with Crippen LogP contribution in [0.2, 0.25) is 0 Å². The fourth-order valence-corrected chi connectivity index (χ4v) is 4.89. The Kier molecular flexibility index (Phi) is 5.22. The Hall–Kier alpha value is -0.550. The minimum Gasteiger partial charge on any atom is -0.395 e. The van der Waals surface area contributed by atoms with E-state index in [9.17, 15) is 5.11 Å². The summed E-state index contributed by atoms with van der Waals surface area (Å²) in [7, 11) is 0. The summed E-state index contributed by atoms with van der Waals surface area (Å²) >= 11 is 2.02. The van der Waals surface area contributed by atoms with Crippen molar-refractivity contribution in [1.82, 2.24) is 4.90 Å². The summed E-state index contributed by atoms with van der Waals surface area (Å²) in [6.07, 6.45) is 3.39. The van der Waals surface area contributed by atoms with Gasteiger partial charge in [-0.3, -0.25) is 4.90 Å². The van der Waals surface area contributed by atoms with Gasteiger partial charge in [0.15, 0.2) is 0 Å². The summed E-state index contributed by atoms with van der Waals surface area (Å²) in [5, 5.41) is 9.43. The molecular formula is C17H25NO2S. The van der Waals surface area contributed by atoms with Gasteiger partial charge in [-0.05, 0) is 30.6 Å². The molecule has 2 aliphatic rings. The maximum absolute atomic E-state index is 9.43. The number of thioether (sulfide) groups is 1. The number of ether oxygens (including phenoxy) is 1. The maximum atomic E-state index is 9.43. The van der Waals surface area contributed by atoms with Crippen LogP contribution in [0.5, 0.6) is 0 Å². The molecule has 2 unspecified atom stereocenters. The molecule has 0 saturated carbocycles. The Morgan fingerprint density at radius 2 is 2.19 bits per heavy atom. The molecule has 0 bridgehead atoms. The third-order valence-corrected chi connectivity index (χ3v) is 5.89. The largest absolute Gasteiger partial charge is 0.395 e. The first-order chi connectivity index (χ1) is 10.3. The fourth-order valence-electron chi connectivity index (χ4n) is 3.51. The van der Waals surface area contributed by atoms with Gasteiger partial charge >= 0.3 is 0 Å². The molecule has 0 amide bonds. The van der Waals surface area contributed by atoms with E-state index in [1.165, 1.54) is 17.7 Å². The van der Waals surface area contributed by atoms with Crippen LogP contribution in [-0.4, -0.2) is 52.9 Å². The lowest BCUT2D eigenvalue weighted by Crippen LogP contribution is -2.49. The topological polar surface area (TPSA) is 32.7 Å². The standard InChI is InChI=1S/C17H25NO2S/c19-9-8-18(13-15-4-2-1-3-5-15)16-6-10-20-17(12-16)7-11-21-14-17/h1-5,16,19H,6-14H2. The molecule has 21 heavy (non-hydrogen) atoms. The third kappa shape index (κ3) is 3.81. The van der Waals surface area contributed by atoms with E-state index in [-0.39, 0.29) is 12.2 Å². The fraction of sp³-hybridized carbons (Fsp3) is 0.647. The summed E-state index contributed by atoms with van der Waals surface area (Å²) in [6, 6.07) is 11.1. The molecule has 1 aromatic rings. The highest BCUT2D eigenvalue weighted by Gasteiger charge is 2.41. The predicted octanol–water partition coefficient (Wildman–Crippen LogP) is 2.54. The van der Waals surface area contributed by atoms with Crippen molar-refractivity contribution in [2.45, 2.75) is 37.5 Å².